The van der Waals surface area contributed by atoms with Crippen LogP contribution in [-0.2, 0) is 0 Å². The Morgan fingerprint density at radius 3 is 2.89 bits per heavy atom. The standard InChI is InChI=1S/C16H25FN2/c1-3-7-13-8-4-5-11-19(13)15-10-6-9-14(17)16(15)12(2)18/h6,9-10,12-13H,3-5,7-8,11,18H2,1-2H3. The van der Waals surface area contributed by atoms with Crippen LogP contribution in [0.5, 0.6) is 0 Å². The normalized spacial score (nSPS) is 21.5. The second-order valence-corrected chi connectivity index (χ2v) is 5.59. The second kappa shape index (κ2) is 6.38. The van der Waals surface area contributed by atoms with E-state index in [1.54, 1.807) is 6.07 Å². The molecule has 0 radical (unpaired) electrons. The summed E-state index contributed by atoms with van der Waals surface area (Å²) >= 11 is 0. The summed E-state index contributed by atoms with van der Waals surface area (Å²) in [5, 5.41) is 0. The van der Waals surface area contributed by atoms with E-state index in [-0.39, 0.29) is 11.9 Å². The van der Waals surface area contributed by atoms with Crippen LogP contribution in [0.3, 0.4) is 0 Å². The summed E-state index contributed by atoms with van der Waals surface area (Å²) in [6, 6.07) is 5.61. The zero-order valence-corrected chi connectivity index (χ0v) is 12.0. The molecule has 106 valence electrons. The molecule has 2 atom stereocenters. The Balaban J connectivity index is 2.35. The summed E-state index contributed by atoms with van der Waals surface area (Å²) in [4.78, 5) is 2.38. The van der Waals surface area contributed by atoms with Crippen LogP contribution in [0, 0.1) is 5.82 Å². The molecule has 1 aliphatic rings. The van der Waals surface area contributed by atoms with Crippen LogP contribution in [0.15, 0.2) is 18.2 Å². The van der Waals surface area contributed by atoms with Crippen molar-refractivity contribution < 1.29 is 4.39 Å². The van der Waals surface area contributed by atoms with Gasteiger partial charge in [0.1, 0.15) is 5.82 Å². The summed E-state index contributed by atoms with van der Waals surface area (Å²) in [5.74, 6) is -0.173. The lowest BCUT2D eigenvalue weighted by Crippen LogP contribution is -2.40. The van der Waals surface area contributed by atoms with Crippen molar-refractivity contribution in [3.63, 3.8) is 0 Å². The number of nitrogens with zero attached hydrogens (tertiary/aromatic N) is 1. The van der Waals surface area contributed by atoms with Crippen LogP contribution in [0.4, 0.5) is 10.1 Å². The maximum atomic E-state index is 14.1. The number of piperidine rings is 1. The van der Waals surface area contributed by atoms with E-state index in [0.29, 0.717) is 11.6 Å². The van der Waals surface area contributed by atoms with Crippen LogP contribution in [0.1, 0.15) is 57.6 Å². The number of benzene rings is 1. The van der Waals surface area contributed by atoms with Gasteiger partial charge in [-0.25, -0.2) is 4.39 Å². The minimum absolute atomic E-state index is 0.173. The molecule has 0 amide bonds. The zero-order valence-electron chi connectivity index (χ0n) is 12.0. The van der Waals surface area contributed by atoms with E-state index in [0.717, 1.165) is 12.2 Å². The molecule has 0 spiro atoms. The molecule has 1 fully saturated rings. The summed E-state index contributed by atoms with van der Waals surface area (Å²) in [5.41, 5.74) is 7.65. The zero-order chi connectivity index (χ0) is 13.8. The predicted octanol–water partition coefficient (Wildman–Crippen LogP) is 4.00. The first-order valence-electron chi connectivity index (χ1n) is 7.45. The Bertz CT molecular complexity index is 415. The van der Waals surface area contributed by atoms with E-state index in [1.165, 1.54) is 38.2 Å². The number of halogens is 1. The van der Waals surface area contributed by atoms with Gasteiger partial charge < -0.3 is 10.6 Å². The first-order chi connectivity index (χ1) is 9.15. The molecule has 0 bridgehead atoms. The second-order valence-electron chi connectivity index (χ2n) is 5.59. The molecule has 2 rings (SSSR count). The fourth-order valence-corrected chi connectivity index (χ4v) is 3.18. The number of nitrogens with two attached hydrogens (primary N) is 1. The van der Waals surface area contributed by atoms with Gasteiger partial charge in [0.15, 0.2) is 0 Å². The van der Waals surface area contributed by atoms with Crippen molar-refractivity contribution in [2.24, 2.45) is 5.73 Å². The van der Waals surface area contributed by atoms with Crippen LogP contribution < -0.4 is 10.6 Å². The molecule has 0 saturated carbocycles. The van der Waals surface area contributed by atoms with Gasteiger partial charge in [-0.15, -0.1) is 0 Å². The van der Waals surface area contributed by atoms with E-state index in [4.69, 9.17) is 5.73 Å². The van der Waals surface area contributed by atoms with Gasteiger partial charge in [-0.2, -0.15) is 0 Å². The maximum Gasteiger partial charge on any atom is 0.130 e. The molecular weight excluding hydrogens is 239 g/mol. The Morgan fingerprint density at radius 2 is 2.21 bits per heavy atom. The van der Waals surface area contributed by atoms with Gasteiger partial charge in [0.2, 0.25) is 0 Å². The molecule has 1 heterocycles. The molecule has 19 heavy (non-hydrogen) atoms. The molecule has 1 aromatic rings. The van der Waals surface area contributed by atoms with Gasteiger partial charge >= 0.3 is 0 Å². The Kier molecular flexibility index (Phi) is 4.81. The van der Waals surface area contributed by atoms with Crippen molar-refractivity contribution in [2.45, 2.75) is 58.0 Å². The van der Waals surface area contributed by atoms with Gasteiger partial charge in [0, 0.05) is 29.9 Å². The molecule has 2 N–H and O–H groups in total. The predicted molar refractivity (Wildman–Crippen MR) is 78.9 cm³/mol. The quantitative estimate of drug-likeness (QED) is 0.890. The number of anilines is 1. The number of rotatable bonds is 4. The Morgan fingerprint density at radius 1 is 1.42 bits per heavy atom. The average molecular weight is 264 g/mol. The third-order valence-corrected chi connectivity index (χ3v) is 4.04. The lowest BCUT2D eigenvalue weighted by molar-refractivity contribution is 0.432. The van der Waals surface area contributed by atoms with E-state index in [2.05, 4.69) is 11.8 Å². The molecule has 1 aromatic carbocycles. The SMILES string of the molecule is CCCC1CCCCN1c1cccc(F)c1C(C)N. The van der Waals surface area contributed by atoms with E-state index in [1.807, 2.05) is 13.0 Å². The molecule has 2 nitrogen and oxygen atoms in total. The first kappa shape index (κ1) is 14.3. The van der Waals surface area contributed by atoms with E-state index >= 15 is 0 Å². The summed E-state index contributed by atoms with van der Waals surface area (Å²) in [6.07, 6.45) is 6.03. The van der Waals surface area contributed by atoms with Crippen molar-refractivity contribution in [1.29, 1.82) is 0 Å². The number of hydrogen-bond donors (Lipinski definition) is 1. The highest BCUT2D eigenvalue weighted by atomic mass is 19.1. The lowest BCUT2D eigenvalue weighted by atomic mass is 9.95. The highest BCUT2D eigenvalue weighted by Gasteiger charge is 2.25. The molecule has 0 aromatic heterocycles. The third kappa shape index (κ3) is 3.08. The monoisotopic (exact) mass is 264 g/mol. The Labute approximate surface area is 115 Å². The van der Waals surface area contributed by atoms with Gasteiger partial charge in [-0.05, 0) is 44.7 Å². The third-order valence-electron chi connectivity index (χ3n) is 4.04. The number of hydrogen-bond acceptors (Lipinski definition) is 2. The van der Waals surface area contributed by atoms with Crippen LogP contribution >= 0.6 is 0 Å². The molecule has 0 aliphatic carbocycles. The minimum Gasteiger partial charge on any atom is -0.368 e. The van der Waals surface area contributed by atoms with Crippen molar-refractivity contribution in [3.8, 4) is 0 Å². The molecule has 1 aliphatic heterocycles. The van der Waals surface area contributed by atoms with E-state index in [9.17, 15) is 4.39 Å². The summed E-state index contributed by atoms with van der Waals surface area (Å²) < 4.78 is 14.1. The highest BCUT2D eigenvalue weighted by molar-refractivity contribution is 5.56. The fraction of sp³-hybridized carbons (Fsp3) is 0.625. The van der Waals surface area contributed by atoms with Crippen LogP contribution in [-0.4, -0.2) is 12.6 Å². The first-order valence-corrected chi connectivity index (χ1v) is 7.45. The van der Waals surface area contributed by atoms with Crippen LogP contribution in [0.25, 0.3) is 0 Å². The molecular formula is C16H25FN2. The minimum atomic E-state index is -0.264. The molecule has 2 unspecified atom stereocenters. The van der Waals surface area contributed by atoms with Crippen molar-refractivity contribution in [1.82, 2.24) is 0 Å². The largest absolute Gasteiger partial charge is 0.368 e. The van der Waals surface area contributed by atoms with Gasteiger partial charge in [0.25, 0.3) is 0 Å². The average Bonchev–Trinajstić information content (AvgIpc) is 2.39. The van der Waals surface area contributed by atoms with Gasteiger partial charge in [-0.1, -0.05) is 19.4 Å². The van der Waals surface area contributed by atoms with Crippen molar-refractivity contribution in [3.05, 3.63) is 29.6 Å². The fourth-order valence-electron chi connectivity index (χ4n) is 3.18. The van der Waals surface area contributed by atoms with E-state index < -0.39 is 0 Å². The smallest absolute Gasteiger partial charge is 0.130 e. The maximum absolute atomic E-state index is 14.1. The molecule has 3 heteroatoms. The van der Waals surface area contributed by atoms with Crippen LogP contribution in [0.2, 0.25) is 0 Å². The lowest BCUT2D eigenvalue weighted by Gasteiger charge is -2.39. The topological polar surface area (TPSA) is 29.3 Å². The Hall–Kier alpha value is -1.09. The van der Waals surface area contributed by atoms with Gasteiger partial charge in [0.05, 0.1) is 0 Å². The van der Waals surface area contributed by atoms with Crippen molar-refractivity contribution >= 4 is 5.69 Å². The summed E-state index contributed by atoms with van der Waals surface area (Å²) in [7, 11) is 0. The highest BCUT2D eigenvalue weighted by Crippen LogP contribution is 2.33. The molecule has 1 saturated heterocycles. The van der Waals surface area contributed by atoms with Crippen molar-refractivity contribution in [2.75, 3.05) is 11.4 Å². The van der Waals surface area contributed by atoms with Gasteiger partial charge in [-0.3, -0.25) is 0 Å². The summed E-state index contributed by atoms with van der Waals surface area (Å²) in [6.45, 7) is 5.10.